The second-order valence-electron chi connectivity index (χ2n) is 6.61. The molecule has 3 rings (SSSR count). The van der Waals surface area contributed by atoms with Gasteiger partial charge in [-0.2, -0.15) is 0 Å². The summed E-state index contributed by atoms with van der Waals surface area (Å²) >= 11 is 1.63. The van der Waals surface area contributed by atoms with Crippen molar-refractivity contribution >= 4 is 34.0 Å². The molecule has 2 aromatic rings. The van der Waals surface area contributed by atoms with Gasteiger partial charge in [0.15, 0.2) is 11.1 Å². The van der Waals surface area contributed by atoms with E-state index in [1.54, 1.807) is 18.4 Å². The number of guanidine groups is 1. The lowest BCUT2D eigenvalue weighted by atomic mass is 10.2. The fourth-order valence-corrected chi connectivity index (χ4v) is 3.64. The summed E-state index contributed by atoms with van der Waals surface area (Å²) in [6.45, 7) is 2.10. The minimum Gasteiger partial charge on any atom is -0.354 e. The van der Waals surface area contributed by atoms with E-state index in [1.165, 1.54) is 0 Å². The van der Waals surface area contributed by atoms with Gasteiger partial charge in [-0.25, -0.2) is 4.98 Å². The molecule has 0 saturated carbocycles. The van der Waals surface area contributed by atoms with Crippen LogP contribution in [0, 0.1) is 0 Å². The summed E-state index contributed by atoms with van der Waals surface area (Å²) in [7, 11) is 5.73. The fourth-order valence-electron chi connectivity index (χ4n) is 2.88. The van der Waals surface area contributed by atoms with Crippen molar-refractivity contribution in [2.24, 2.45) is 4.99 Å². The molecule has 1 aliphatic heterocycles. The van der Waals surface area contributed by atoms with Crippen molar-refractivity contribution in [3.05, 3.63) is 40.9 Å². The number of anilines is 2. The van der Waals surface area contributed by atoms with Crippen LogP contribution in [0.4, 0.5) is 10.8 Å². The Morgan fingerprint density at radius 1 is 1.26 bits per heavy atom. The van der Waals surface area contributed by atoms with Crippen LogP contribution in [0.2, 0.25) is 0 Å². The van der Waals surface area contributed by atoms with Crippen LogP contribution in [0.25, 0.3) is 0 Å². The largest absolute Gasteiger partial charge is 0.354 e. The molecule has 2 heterocycles. The van der Waals surface area contributed by atoms with Crippen molar-refractivity contribution in [1.82, 2.24) is 15.6 Å². The zero-order chi connectivity index (χ0) is 19.2. The van der Waals surface area contributed by atoms with Crippen LogP contribution in [0.5, 0.6) is 0 Å². The van der Waals surface area contributed by atoms with Gasteiger partial charge in [0, 0.05) is 51.7 Å². The molecule has 0 radical (unpaired) electrons. The lowest BCUT2D eigenvalue weighted by Crippen LogP contribution is -2.36. The summed E-state index contributed by atoms with van der Waals surface area (Å²) in [6.07, 6.45) is 1.60. The highest BCUT2D eigenvalue weighted by molar-refractivity contribution is 7.13. The van der Waals surface area contributed by atoms with Crippen molar-refractivity contribution in [2.45, 2.75) is 25.9 Å². The third-order valence-electron chi connectivity index (χ3n) is 4.36. The average molecular weight is 387 g/mol. The number of aromatic nitrogens is 1. The highest BCUT2D eigenvalue weighted by atomic mass is 32.1. The predicted molar refractivity (Wildman–Crippen MR) is 112 cm³/mol. The number of hydrogen-bond acceptors (Lipinski definition) is 5. The molecule has 0 aliphatic carbocycles. The van der Waals surface area contributed by atoms with Crippen molar-refractivity contribution < 1.29 is 4.79 Å². The van der Waals surface area contributed by atoms with E-state index in [0.29, 0.717) is 19.5 Å². The highest BCUT2D eigenvalue weighted by Gasteiger charge is 2.21. The monoisotopic (exact) mass is 386 g/mol. The Balaban J connectivity index is 1.49. The van der Waals surface area contributed by atoms with E-state index in [2.05, 4.69) is 20.6 Å². The van der Waals surface area contributed by atoms with Gasteiger partial charge in [0.25, 0.3) is 0 Å². The maximum absolute atomic E-state index is 11.8. The molecular weight excluding hydrogens is 360 g/mol. The second kappa shape index (κ2) is 8.85. The van der Waals surface area contributed by atoms with E-state index in [-0.39, 0.29) is 5.91 Å². The van der Waals surface area contributed by atoms with Crippen LogP contribution in [0.3, 0.4) is 0 Å². The quantitative estimate of drug-likeness (QED) is 0.588. The molecular formula is C19H26N6OS. The Kier molecular flexibility index (Phi) is 6.28. The van der Waals surface area contributed by atoms with Crippen LogP contribution in [-0.4, -0.2) is 44.5 Å². The fraction of sp³-hybridized carbons (Fsp3) is 0.421. The maximum atomic E-state index is 11.8. The number of aliphatic imine (C=N–C) groups is 1. The molecule has 0 atom stereocenters. The summed E-state index contributed by atoms with van der Waals surface area (Å²) in [6, 6.07) is 8.11. The molecule has 1 aliphatic rings. The highest BCUT2D eigenvalue weighted by Crippen LogP contribution is 2.21. The number of amides is 1. The molecule has 0 unspecified atom stereocenters. The molecule has 1 aromatic carbocycles. The summed E-state index contributed by atoms with van der Waals surface area (Å²) in [4.78, 5) is 24.5. The number of rotatable bonds is 6. The van der Waals surface area contributed by atoms with Gasteiger partial charge >= 0.3 is 0 Å². The molecule has 1 fully saturated rings. The number of carbonyl (C=O) groups is 1. The normalized spacial score (nSPS) is 14.6. The lowest BCUT2D eigenvalue weighted by Gasteiger charge is -2.16. The van der Waals surface area contributed by atoms with E-state index in [9.17, 15) is 4.79 Å². The number of benzene rings is 1. The zero-order valence-electron chi connectivity index (χ0n) is 16.0. The molecule has 1 saturated heterocycles. The first-order valence-corrected chi connectivity index (χ1v) is 9.90. The number of hydrogen-bond donors (Lipinski definition) is 2. The second-order valence-corrected chi connectivity index (χ2v) is 7.45. The van der Waals surface area contributed by atoms with Crippen molar-refractivity contribution in [3.8, 4) is 0 Å². The SMILES string of the molecule is CN=C(NCc1ccc(N2CCCC2=O)cc1)NCc1csc(N(C)C)n1. The summed E-state index contributed by atoms with van der Waals surface area (Å²) < 4.78 is 0. The summed E-state index contributed by atoms with van der Waals surface area (Å²) in [5, 5.41) is 9.63. The first-order chi connectivity index (χ1) is 13.1. The van der Waals surface area contributed by atoms with E-state index < -0.39 is 0 Å². The van der Waals surface area contributed by atoms with Gasteiger partial charge in [-0.15, -0.1) is 11.3 Å². The molecule has 0 bridgehead atoms. The smallest absolute Gasteiger partial charge is 0.227 e. The third kappa shape index (κ3) is 4.97. The number of carbonyl (C=O) groups excluding carboxylic acids is 1. The molecule has 0 spiro atoms. The van der Waals surface area contributed by atoms with E-state index in [1.807, 2.05) is 53.5 Å². The Morgan fingerprint density at radius 3 is 2.59 bits per heavy atom. The topological polar surface area (TPSA) is 72.9 Å². The van der Waals surface area contributed by atoms with E-state index >= 15 is 0 Å². The summed E-state index contributed by atoms with van der Waals surface area (Å²) in [5.74, 6) is 0.943. The van der Waals surface area contributed by atoms with Crippen LogP contribution < -0.4 is 20.4 Å². The Bertz CT molecular complexity index is 799. The Morgan fingerprint density at radius 2 is 2.00 bits per heavy atom. The maximum Gasteiger partial charge on any atom is 0.227 e. The molecule has 144 valence electrons. The van der Waals surface area contributed by atoms with Crippen molar-refractivity contribution in [1.29, 1.82) is 0 Å². The predicted octanol–water partition coefficient (Wildman–Crippen LogP) is 2.20. The Hall–Kier alpha value is -2.61. The van der Waals surface area contributed by atoms with Gasteiger partial charge in [0.1, 0.15) is 0 Å². The minimum absolute atomic E-state index is 0.213. The minimum atomic E-state index is 0.213. The number of nitrogens with one attached hydrogen (secondary N) is 2. The molecule has 1 amide bonds. The first kappa shape index (κ1) is 19.2. The van der Waals surface area contributed by atoms with Gasteiger partial charge in [-0.05, 0) is 24.1 Å². The standard InChI is InChI=1S/C19H26N6OS/c1-20-18(22-12-15-13-27-19(23-15)24(2)3)21-11-14-6-8-16(9-7-14)25-10-4-5-17(25)26/h6-9,13H,4-5,10-12H2,1-3H3,(H2,20,21,22). The van der Waals surface area contributed by atoms with Crippen LogP contribution in [-0.2, 0) is 17.9 Å². The molecule has 8 heteroatoms. The van der Waals surface area contributed by atoms with Gasteiger partial charge in [0.05, 0.1) is 12.2 Å². The van der Waals surface area contributed by atoms with E-state index in [0.717, 1.165) is 41.0 Å². The average Bonchev–Trinajstić information content (AvgIpc) is 3.31. The van der Waals surface area contributed by atoms with Crippen LogP contribution in [0.1, 0.15) is 24.1 Å². The van der Waals surface area contributed by atoms with Gasteiger partial charge in [0.2, 0.25) is 5.91 Å². The molecule has 2 N–H and O–H groups in total. The van der Waals surface area contributed by atoms with Crippen LogP contribution in [0.15, 0.2) is 34.6 Å². The van der Waals surface area contributed by atoms with Crippen molar-refractivity contribution in [3.63, 3.8) is 0 Å². The Labute approximate surface area is 164 Å². The third-order valence-corrected chi connectivity index (χ3v) is 5.42. The lowest BCUT2D eigenvalue weighted by molar-refractivity contribution is -0.117. The number of thiazole rings is 1. The van der Waals surface area contributed by atoms with Gasteiger partial charge in [-0.3, -0.25) is 9.79 Å². The van der Waals surface area contributed by atoms with E-state index in [4.69, 9.17) is 0 Å². The first-order valence-electron chi connectivity index (χ1n) is 9.02. The molecule has 1 aromatic heterocycles. The van der Waals surface area contributed by atoms with Gasteiger partial charge < -0.3 is 20.4 Å². The van der Waals surface area contributed by atoms with Crippen molar-refractivity contribution in [2.75, 3.05) is 37.5 Å². The zero-order valence-corrected chi connectivity index (χ0v) is 16.8. The molecule has 27 heavy (non-hydrogen) atoms. The molecule has 7 nitrogen and oxygen atoms in total. The summed E-state index contributed by atoms with van der Waals surface area (Å²) in [5.41, 5.74) is 3.10. The van der Waals surface area contributed by atoms with Gasteiger partial charge in [-0.1, -0.05) is 12.1 Å². The number of nitrogens with zero attached hydrogens (tertiary/aromatic N) is 4. The van der Waals surface area contributed by atoms with Crippen LogP contribution >= 0.6 is 11.3 Å².